The van der Waals surface area contributed by atoms with Crippen LogP contribution >= 0.6 is 0 Å². The highest BCUT2D eigenvalue weighted by Gasteiger charge is 2.24. The number of allylic oxidation sites excluding steroid dienone is 2. The zero-order valence-corrected chi connectivity index (χ0v) is 8.19. The Bertz CT molecular complexity index is 216. The maximum Gasteiger partial charge on any atom is 0.162 e. The average molecular weight is 180 g/mol. The van der Waals surface area contributed by atoms with Gasteiger partial charge in [-0.15, -0.1) is 0 Å². The number of rotatable bonds is 5. The minimum Gasteiger partial charge on any atom is -0.373 e. The predicted molar refractivity (Wildman–Crippen MR) is 52.5 cm³/mol. The molecule has 0 saturated carbocycles. The molecule has 13 heavy (non-hydrogen) atoms. The molecule has 0 N–H and O–H groups in total. The van der Waals surface area contributed by atoms with E-state index in [0.717, 1.165) is 6.42 Å². The number of hydrogen-bond acceptors (Lipinski definition) is 2. The minimum atomic E-state index is -0.282. The molecule has 0 aromatic carbocycles. The molecule has 0 aromatic heterocycles. The largest absolute Gasteiger partial charge is 0.373 e. The van der Waals surface area contributed by atoms with Crippen LogP contribution in [0.25, 0.3) is 0 Å². The number of ketones is 1. The van der Waals surface area contributed by atoms with Gasteiger partial charge in [0, 0.05) is 19.4 Å². The van der Waals surface area contributed by atoms with Crippen LogP contribution in [0.15, 0.2) is 24.3 Å². The summed E-state index contributed by atoms with van der Waals surface area (Å²) in [7, 11) is 1.60. The molecule has 1 rings (SSSR count). The van der Waals surface area contributed by atoms with Crippen molar-refractivity contribution in [2.75, 3.05) is 7.11 Å². The quantitative estimate of drug-likeness (QED) is 0.647. The lowest BCUT2D eigenvalue weighted by molar-refractivity contribution is -0.130. The Morgan fingerprint density at radius 3 is 2.54 bits per heavy atom. The lowest BCUT2D eigenvalue weighted by Gasteiger charge is -2.17. The molecule has 1 aliphatic carbocycles. The summed E-state index contributed by atoms with van der Waals surface area (Å²) >= 11 is 0. The van der Waals surface area contributed by atoms with Crippen LogP contribution in [0.1, 0.15) is 19.8 Å². The fourth-order valence-corrected chi connectivity index (χ4v) is 1.54. The molecule has 0 spiro atoms. The van der Waals surface area contributed by atoms with Gasteiger partial charge in [0.25, 0.3) is 0 Å². The number of hydrogen-bond donors (Lipinski definition) is 0. The van der Waals surface area contributed by atoms with E-state index in [2.05, 4.69) is 0 Å². The van der Waals surface area contributed by atoms with Crippen LogP contribution in [0.4, 0.5) is 0 Å². The van der Waals surface area contributed by atoms with Crippen molar-refractivity contribution >= 4 is 5.78 Å². The van der Waals surface area contributed by atoms with E-state index in [4.69, 9.17) is 4.74 Å². The second-order valence-corrected chi connectivity index (χ2v) is 3.22. The normalized spacial score (nSPS) is 18.0. The van der Waals surface area contributed by atoms with Crippen LogP contribution in [0, 0.1) is 5.92 Å². The zero-order valence-electron chi connectivity index (χ0n) is 8.19. The van der Waals surface area contributed by atoms with Crippen molar-refractivity contribution in [2.24, 2.45) is 5.92 Å². The van der Waals surface area contributed by atoms with Crippen molar-refractivity contribution in [1.82, 2.24) is 0 Å². The Morgan fingerprint density at radius 1 is 1.46 bits per heavy atom. The SMILES string of the molecule is CCCC(=O)C(OC)C1C=CC=C1. The first kappa shape index (κ1) is 10.2. The first-order valence-electron chi connectivity index (χ1n) is 4.70. The first-order chi connectivity index (χ1) is 6.29. The number of methoxy groups -OCH3 is 1. The summed E-state index contributed by atoms with van der Waals surface area (Å²) in [4.78, 5) is 11.6. The monoisotopic (exact) mass is 180 g/mol. The summed E-state index contributed by atoms with van der Waals surface area (Å²) in [5, 5.41) is 0. The lowest BCUT2D eigenvalue weighted by Crippen LogP contribution is -2.28. The molecule has 0 saturated heterocycles. The van der Waals surface area contributed by atoms with E-state index < -0.39 is 0 Å². The molecule has 0 amide bonds. The third-order valence-corrected chi connectivity index (χ3v) is 2.20. The second kappa shape index (κ2) is 4.97. The average Bonchev–Trinajstić information content (AvgIpc) is 2.59. The Balaban J connectivity index is 2.56. The fraction of sp³-hybridized carbons (Fsp3) is 0.545. The van der Waals surface area contributed by atoms with E-state index >= 15 is 0 Å². The highest BCUT2D eigenvalue weighted by atomic mass is 16.5. The molecule has 0 fully saturated rings. The summed E-state index contributed by atoms with van der Waals surface area (Å²) in [5.41, 5.74) is 0. The maximum absolute atomic E-state index is 11.6. The summed E-state index contributed by atoms with van der Waals surface area (Å²) in [6, 6.07) is 0. The first-order valence-corrected chi connectivity index (χ1v) is 4.70. The molecule has 72 valence electrons. The molecule has 0 bridgehead atoms. The smallest absolute Gasteiger partial charge is 0.162 e. The Labute approximate surface area is 79.3 Å². The Kier molecular flexibility index (Phi) is 3.90. The molecular weight excluding hydrogens is 164 g/mol. The highest BCUT2D eigenvalue weighted by molar-refractivity contribution is 5.84. The topological polar surface area (TPSA) is 26.3 Å². The second-order valence-electron chi connectivity index (χ2n) is 3.22. The molecule has 0 aromatic rings. The molecular formula is C11H16O2. The third-order valence-electron chi connectivity index (χ3n) is 2.20. The van der Waals surface area contributed by atoms with Crippen molar-refractivity contribution in [3.05, 3.63) is 24.3 Å². The zero-order chi connectivity index (χ0) is 9.68. The third kappa shape index (κ3) is 2.52. The molecule has 2 heteroatoms. The number of Topliss-reactive ketones (excluding diaryl/α,β-unsaturated/α-hetero) is 1. The van der Waals surface area contributed by atoms with Crippen LogP contribution in [-0.2, 0) is 9.53 Å². The number of carbonyl (C=O) groups excluding carboxylic acids is 1. The van der Waals surface area contributed by atoms with E-state index in [9.17, 15) is 4.79 Å². The Hall–Kier alpha value is -0.890. The molecule has 1 unspecified atom stereocenters. The van der Waals surface area contributed by atoms with Gasteiger partial charge in [0.05, 0.1) is 0 Å². The van der Waals surface area contributed by atoms with Crippen LogP contribution in [0.2, 0.25) is 0 Å². The van der Waals surface area contributed by atoms with Gasteiger partial charge in [-0.1, -0.05) is 31.2 Å². The van der Waals surface area contributed by atoms with Gasteiger partial charge < -0.3 is 4.74 Å². The van der Waals surface area contributed by atoms with E-state index in [1.807, 2.05) is 31.2 Å². The van der Waals surface area contributed by atoms with Crippen molar-refractivity contribution in [2.45, 2.75) is 25.9 Å². The molecule has 0 aliphatic heterocycles. The van der Waals surface area contributed by atoms with E-state index in [0.29, 0.717) is 6.42 Å². The van der Waals surface area contributed by atoms with Crippen LogP contribution in [0.3, 0.4) is 0 Å². The van der Waals surface area contributed by atoms with Crippen molar-refractivity contribution < 1.29 is 9.53 Å². The van der Waals surface area contributed by atoms with Crippen molar-refractivity contribution in [3.8, 4) is 0 Å². The van der Waals surface area contributed by atoms with Gasteiger partial charge in [0.15, 0.2) is 5.78 Å². The maximum atomic E-state index is 11.6. The van der Waals surface area contributed by atoms with Gasteiger partial charge in [-0.3, -0.25) is 4.79 Å². The van der Waals surface area contributed by atoms with Gasteiger partial charge in [0.1, 0.15) is 6.10 Å². The lowest BCUT2D eigenvalue weighted by atomic mass is 9.98. The summed E-state index contributed by atoms with van der Waals surface area (Å²) in [6.07, 6.45) is 9.13. The number of carbonyl (C=O) groups is 1. The molecule has 1 aliphatic rings. The predicted octanol–water partition coefficient (Wildman–Crippen LogP) is 2.11. The Morgan fingerprint density at radius 2 is 2.08 bits per heavy atom. The molecule has 2 nitrogen and oxygen atoms in total. The van der Waals surface area contributed by atoms with Crippen LogP contribution in [0.5, 0.6) is 0 Å². The highest BCUT2D eigenvalue weighted by Crippen LogP contribution is 2.18. The fourth-order valence-electron chi connectivity index (χ4n) is 1.54. The van der Waals surface area contributed by atoms with E-state index in [1.165, 1.54) is 0 Å². The minimum absolute atomic E-state index is 0.143. The van der Waals surface area contributed by atoms with Gasteiger partial charge >= 0.3 is 0 Å². The van der Waals surface area contributed by atoms with Crippen LogP contribution in [-0.4, -0.2) is 19.0 Å². The molecule has 0 radical (unpaired) electrons. The van der Waals surface area contributed by atoms with Gasteiger partial charge in [-0.05, 0) is 6.42 Å². The van der Waals surface area contributed by atoms with Gasteiger partial charge in [0.2, 0.25) is 0 Å². The summed E-state index contributed by atoms with van der Waals surface area (Å²) in [6.45, 7) is 2.00. The van der Waals surface area contributed by atoms with E-state index in [1.54, 1.807) is 7.11 Å². The summed E-state index contributed by atoms with van der Waals surface area (Å²) < 4.78 is 5.20. The molecule has 1 atom stereocenters. The molecule has 0 heterocycles. The van der Waals surface area contributed by atoms with Crippen molar-refractivity contribution in [1.29, 1.82) is 0 Å². The van der Waals surface area contributed by atoms with E-state index in [-0.39, 0.29) is 17.8 Å². The van der Waals surface area contributed by atoms with Gasteiger partial charge in [-0.2, -0.15) is 0 Å². The number of ether oxygens (including phenoxy) is 1. The standard InChI is InChI=1S/C11H16O2/c1-3-6-10(12)11(13-2)9-7-4-5-8-9/h4-5,7-9,11H,3,6H2,1-2H3. The van der Waals surface area contributed by atoms with Crippen LogP contribution < -0.4 is 0 Å². The van der Waals surface area contributed by atoms with Crippen molar-refractivity contribution in [3.63, 3.8) is 0 Å². The van der Waals surface area contributed by atoms with Gasteiger partial charge in [-0.25, -0.2) is 0 Å². The summed E-state index contributed by atoms with van der Waals surface area (Å²) in [5.74, 6) is 0.343.